The summed E-state index contributed by atoms with van der Waals surface area (Å²) >= 11 is 5.96. The van der Waals surface area contributed by atoms with Crippen molar-refractivity contribution in [2.45, 2.75) is 13.0 Å². The third kappa shape index (κ3) is 3.31. The zero-order chi connectivity index (χ0) is 13.8. The van der Waals surface area contributed by atoms with Crippen LogP contribution in [0, 0.1) is 11.6 Å². The Morgan fingerprint density at radius 2 is 1.95 bits per heavy atom. The second-order valence-corrected chi connectivity index (χ2v) is 4.65. The average molecular weight is 282 g/mol. The molecular formula is C15H14ClF2N. The zero-order valence-electron chi connectivity index (χ0n) is 10.5. The van der Waals surface area contributed by atoms with Gasteiger partial charge >= 0.3 is 0 Å². The fourth-order valence-corrected chi connectivity index (χ4v) is 2.23. The second kappa shape index (κ2) is 6.13. The first-order valence-corrected chi connectivity index (χ1v) is 6.43. The SMILES string of the molecule is CCNC(c1cccc(Cl)c1)c1ccc(F)cc1F. The van der Waals surface area contributed by atoms with Gasteiger partial charge in [0.1, 0.15) is 11.6 Å². The van der Waals surface area contributed by atoms with Gasteiger partial charge in [-0.25, -0.2) is 8.78 Å². The van der Waals surface area contributed by atoms with Gasteiger partial charge in [-0.2, -0.15) is 0 Å². The lowest BCUT2D eigenvalue weighted by Gasteiger charge is -2.19. The summed E-state index contributed by atoms with van der Waals surface area (Å²) in [5.41, 5.74) is 1.25. The lowest BCUT2D eigenvalue weighted by atomic mass is 9.98. The summed E-state index contributed by atoms with van der Waals surface area (Å²) in [5, 5.41) is 3.77. The molecule has 0 aromatic heterocycles. The van der Waals surface area contributed by atoms with Crippen LogP contribution in [0.2, 0.25) is 5.02 Å². The Kier molecular flexibility index (Phi) is 4.51. The highest BCUT2D eigenvalue weighted by molar-refractivity contribution is 6.30. The van der Waals surface area contributed by atoms with Crippen LogP contribution < -0.4 is 5.32 Å². The Morgan fingerprint density at radius 1 is 1.16 bits per heavy atom. The fourth-order valence-electron chi connectivity index (χ4n) is 2.03. The maximum absolute atomic E-state index is 13.9. The number of hydrogen-bond donors (Lipinski definition) is 1. The highest BCUT2D eigenvalue weighted by atomic mass is 35.5. The van der Waals surface area contributed by atoms with Crippen molar-refractivity contribution in [3.8, 4) is 0 Å². The maximum Gasteiger partial charge on any atom is 0.131 e. The molecule has 0 amide bonds. The van der Waals surface area contributed by atoms with E-state index in [-0.39, 0.29) is 6.04 Å². The van der Waals surface area contributed by atoms with Crippen molar-refractivity contribution in [3.63, 3.8) is 0 Å². The van der Waals surface area contributed by atoms with Crippen molar-refractivity contribution >= 4 is 11.6 Å². The van der Waals surface area contributed by atoms with Crippen LogP contribution in [0.3, 0.4) is 0 Å². The van der Waals surface area contributed by atoms with Crippen LogP contribution in [0.1, 0.15) is 24.1 Å². The van der Waals surface area contributed by atoms with E-state index >= 15 is 0 Å². The maximum atomic E-state index is 13.9. The van der Waals surface area contributed by atoms with E-state index in [4.69, 9.17) is 11.6 Å². The summed E-state index contributed by atoms with van der Waals surface area (Å²) in [7, 11) is 0. The van der Waals surface area contributed by atoms with E-state index in [0.29, 0.717) is 17.1 Å². The summed E-state index contributed by atoms with van der Waals surface area (Å²) in [4.78, 5) is 0. The molecule has 19 heavy (non-hydrogen) atoms. The molecule has 0 radical (unpaired) electrons. The first kappa shape index (κ1) is 14.0. The van der Waals surface area contributed by atoms with Gasteiger partial charge in [0.2, 0.25) is 0 Å². The molecule has 0 heterocycles. The van der Waals surface area contributed by atoms with Crippen molar-refractivity contribution in [1.29, 1.82) is 0 Å². The molecule has 100 valence electrons. The van der Waals surface area contributed by atoms with Crippen molar-refractivity contribution in [2.24, 2.45) is 0 Å². The summed E-state index contributed by atoms with van der Waals surface area (Å²) < 4.78 is 26.9. The predicted octanol–water partition coefficient (Wildman–Crippen LogP) is 4.32. The topological polar surface area (TPSA) is 12.0 Å². The summed E-state index contributed by atoms with van der Waals surface area (Å²) in [6, 6.07) is 10.5. The van der Waals surface area contributed by atoms with Gasteiger partial charge in [0.25, 0.3) is 0 Å². The van der Waals surface area contributed by atoms with E-state index < -0.39 is 11.6 Å². The minimum atomic E-state index is -0.581. The van der Waals surface area contributed by atoms with E-state index in [0.717, 1.165) is 11.6 Å². The van der Waals surface area contributed by atoms with Gasteiger partial charge in [0, 0.05) is 16.7 Å². The number of rotatable bonds is 4. The number of benzene rings is 2. The van der Waals surface area contributed by atoms with Crippen molar-refractivity contribution in [3.05, 3.63) is 70.2 Å². The first-order valence-electron chi connectivity index (χ1n) is 6.05. The van der Waals surface area contributed by atoms with Crippen LogP contribution in [0.4, 0.5) is 8.78 Å². The van der Waals surface area contributed by atoms with Gasteiger partial charge in [0.05, 0.1) is 6.04 Å². The normalized spacial score (nSPS) is 12.4. The number of nitrogens with one attached hydrogen (secondary N) is 1. The van der Waals surface area contributed by atoms with E-state index in [9.17, 15) is 8.78 Å². The smallest absolute Gasteiger partial charge is 0.131 e. The molecule has 1 nitrogen and oxygen atoms in total. The van der Waals surface area contributed by atoms with Gasteiger partial charge in [-0.1, -0.05) is 36.7 Å². The zero-order valence-corrected chi connectivity index (χ0v) is 11.2. The van der Waals surface area contributed by atoms with Gasteiger partial charge in [0.15, 0.2) is 0 Å². The van der Waals surface area contributed by atoms with E-state index in [1.54, 1.807) is 12.1 Å². The van der Waals surface area contributed by atoms with Crippen LogP contribution in [-0.4, -0.2) is 6.54 Å². The molecule has 2 aromatic carbocycles. The standard InChI is InChI=1S/C15H14ClF2N/c1-2-19-15(10-4-3-5-11(16)8-10)13-7-6-12(17)9-14(13)18/h3-9,15,19H,2H2,1H3. The first-order chi connectivity index (χ1) is 9.11. The Labute approximate surface area is 116 Å². The molecule has 1 atom stereocenters. The van der Waals surface area contributed by atoms with Crippen LogP contribution in [0.5, 0.6) is 0 Å². The summed E-state index contributed by atoms with van der Waals surface area (Å²) in [6.45, 7) is 2.59. The Morgan fingerprint density at radius 3 is 2.58 bits per heavy atom. The number of halogens is 3. The Hall–Kier alpha value is -1.45. The van der Waals surface area contributed by atoms with Crippen molar-refractivity contribution in [1.82, 2.24) is 5.32 Å². The predicted molar refractivity (Wildman–Crippen MR) is 73.3 cm³/mol. The number of hydrogen-bond acceptors (Lipinski definition) is 1. The van der Waals surface area contributed by atoms with E-state index in [1.807, 2.05) is 19.1 Å². The molecular weight excluding hydrogens is 268 g/mol. The van der Waals surface area contributed by atoms with Gasteiger partial charge in [-0.05, 0) is 30.3 Å². The van der Waals surface area contributed by atoms with Crippen molar-refractivity contribution < 1.29 is 8.78 Å². The van der Waals surface area contributed by atoms with E-state index in [2.05, 4.69) is 5.32 Å². The lowest BCUT2D eigenvalue weighted by molar-refractivity contribution is 0.541. The Bertz CT molecular complexity index is 572. The molecule has 1 N–H and O–H groups in total. The molecule has 0 bridgehead atoms. The quantitative estimate of drug-likeness (QED) is 0.880. The monoisotopic (exact) mass is 281 g/mol. The van der Waals surface area contributed by atoms with Crippen LogP contribution in [-0.2, 0) is 0 Å². The largest absolute Gasteiger partial charge is 0.306 e. The Balaban J connectivity index is 2.45. The molecule has 1 unspecified atom stereocenters. The molecule has 0 saturated heterocycles. The van der Waals surface area contributed by atoms with Crippen LogP contribution in [0.25, 0.3) is 0 Å². The van der Waals surface area contributed by atoms with Crippen LogP contribution in [0.15, 0.2) is 42.5 Å². The minimum Gasteiger partial charge on any atom is -0.306 e. The molecule has 0 spiro atoms. The second-order valence-electron chi connectivity index (χ2n) is 4.21. The molecule has 0 aliphatic carbocycles. The van der Waals surface area contributed by atoms with Crippen LogP contribution >= 0.6 is 11.6 Å². The highest BCUT2D eigenvalue weighted by Crippen LogP contribution is 2.26. The average Bonchev–Trinajstić information content (AvgIpc) is 2.37. The van der Waals surface area contributed by atoms with Gasteiger partial charge in [-0.15, -0.1) is 0 Å². The lowest BCUT2D eigenvalue weighted by Crippen LogP contribution is -2.23. The summed E-state index contributed by atoms with van der Waals surface area (Å²) in [6.07, 6.45) is 0. The van der Waals surface area contributed by atoms with Crippen molar-refractivity contribution in [2.75, 3.05) is 6.54 Å². The highest BCUT2D eigenvalue weighted by Gasteiger charge is 2.17. The molecule has 0 aliphatic heterocycles. The van der Waals surface area contributed by atoms with Gasteiger partial charge < -0.3 is 5.32 Å². The molecule has 0 saturated carbocycles. The van der Waals surface area contributed by atoms with Gasteiger partial charge in [-0.3, -0.25) is 0 Å². The molecule has 2 aromatic rings. The minimum absolute atomic E-state index is 0.343. The molecule has 0 fully saturated rings. The third-order valence-corrected chi connectivity index (χ3v) is 3.10. The fraction of sp³-hybridized carbons (Fsp3) is 0.200. The molecule has 2 rings (SSSR count). The molecule has 4 heteroatoms. The molecule has 0 aliphatic rings. The summed E-state index contributed by atoms with van der Waals surface area (Å²) in [5.74, 6) is -1.14. The van der Waals surface area contributed by atoms with E-state index in [1.165, 1.54) is 12.1 Å². The third-order valence-electron chi connectivity index (χ3n) is 2.86.